The van der Waals surface area contributed by atoms with Crippen LogP contribution in [0.1, 0.15) is 6.42 Å². The van der Waals surface area contributed by atoms with Crippen molar-refractivity contribution in [3.05, 3.63) is 12.7 Å². The van der Waals surface area contributed by atoms with Crippen molar-refractivity contribution in [3.63, 3.8) is 0 Å². The Bertz CT molecular complexity index is 286. The summed E-state index contributed by atoms with van der Waals surface area (Å²) in [5, 5.41) is 0. The van der Waals surface area contributed by atoms with Crippen LogP contribution in [0.4, 0.5) is 0 Å². The van der Waals surface area contributed by atoms with E-state index in [4.69, 9.17) is 14.2 Å². The third-order valence-electron chi connectivity index (χ3n) is 3.27. The smallest absolute Gasteiger partial charge is 0.330 e. The third kappa shape index (κ3) is 0.980. The fourth-order valence-corrected chi connectivity index (χ4v) is 2.67. The summed E-state index contributed by atoms with van der Waals surface area (Å²) in [5.74, 6) is 0.127. The van der Waals surface area contributed by atoms with E-state index in [2.05, 4.69) is 6.58 Å². The lowest BCUT2D eigenvalue weighted by molar-refractivity contribution is -0.149. The number of carbonyl (C=O) groups excluding carboxylic acids is 1. The maximum atomic E-state index is 11.1. The molecule has 0 aromatic rings. The van der Waals surface area contributed by atoms with Gasteiger partial charge in [-0.15, -0.1) is 0 Å². The van der Waals surface area contributed by atoms with Gasteiger partial charge in [-0.25, -0.2) is 4.79 Å². The Hall–Kier alpha value is -0.870. The number of esters is 1. The number of fused-ring (bicyclic) bond motifs is 1. The fraction of sp³-hybridized carbons (Fsp3) is 0.700. The maximum absolute atomic E-state index is 11.1. The second kappa shape index (κ2) is 2.81. The molecule has 0 N–H and O–H groups in total. The molecule has 3 rings (SSSR count). The number of rotatable bonds is 2. The van der Waals surface area contributed by atoms with Crippen molar-refractivity contribution in [2.75, 3.05) is 6.61 Å². The van der Waals surface area contributed by atoms with Crippen molar-refractivity contribution >= 4 is 5.97 Å². The van der Waals surface area contributed by atoms with Crippen LogP contribution in [0.3, 0.4) is 0 Å². The van der Waals surface area contributed by atoms with Crippen molar-refractivity contribution in [3.8, 4) is 0 Å². The molecule has 76 valence electrons. The third-order valence-corrected chi connectivity index (χ3v) is 3.27. The first-order valence-electron chi connectivity index (χ1n) is 4.89. The molecule has 0 saturated carbocycles. The minimum atomic E-state index is -0.391. The molecule has 2 bridgehead atoms. The van der Waals surface area contributed by atoms with E-state index in [0.717, 1.165) is 13.0 Å². The first-order chi connectivity index (χ1) is 6.79. The van der Waals surface area contributed by atoms with Crippen LogP contribution in [0, 0.1) is 5.92 Å². The molecule has 3 heterocycles. The van der Waals surface area contributed by atoms with Crippen LogP contribution in [0.25, 0.3) is 0 Å². The minimum absolute atomic E-state index is 0.0392. The van der Waals surface area contributed by atoms with Crippen LogP contribution in [0.2, 0.25) is 0 Å². The highest BCUT2D eigenvalue weighted by atomic mass is 16.6. The average molecular weight is 196 g/mol. The summed E-state index contributed by atoms with van der Waals surface area (Å²) < 4.78 is 16.5. The Labute approximate surface area is 81.8 Å². The number of carbonyl (C=O) groups is 1. The van der Waals surface area contributed by atoms with Gasteiger partial charge >= 0.3 is 5.97 Å². The molecule has 3 aliphatic rings. The molecule has 3 saturated heterocycles. The summed E-state index contributed by atoms with van der Waals surface area (Å²) >= 11 is 0. The van der Waals surface area contributed by atoms with Crippen LogP contribution in [0.5, 0.6) is 0 Å². The van der Waals surface area contributed by atoms with E-state index >= 15 is 0 Å². The first-order valence-corrected chi connectivity index (χ1v) is 4.89. The summed E-state index contributed by atoms with van der Waals surface area (Å²) in [7, 11) is 0. The summed E-state index contributed by atoms with van der Waals surface area (Å²) in [4.78, 5) is 11.1. The van der Waals surface area contributed by atoms with Crippen molar-refractivity contribution in [1.29, 1.82) is 0 Å². The van der Waals surface area contributed by atoms with E-state index in [0.29, 0.717) is 5.92 Å². The number of hydrogen-bond donors (Lipinski definition) is 0. The van der Waals surface area contributed by atoms with Crippen molar-refractivity contribution in [2.45, 2.75) is 30.8 Å². The van der Waals surface area contributed by atoms with Gasteiger partial charge in [0.25, 0.3) is 0 Å². The predicted molar refractivity (Wildman–Crippen MR) is 46.6 cm³/mol. The monoisotopic (exact) mass is 196 g/mol. The van der Waals surface area contributed by atoms with Crippen LogP contribution in [-0.2, 0) is 19.0 Å². The van der Waals surface area contributed by atoms with Gasteiger partial charge in [0.15, 0.2) is 6.10 Å². The Morgan fingerprint density at radius 3 is 3.14 bits per heavy atom. The topological polar surface area (TPSA) is 44.8 Å². The van der Waals surface area contributed by atoms with Crippen LogP contribution >= 0.6 is 0 Å². The van der Waals surface area contributed by atoms with Crippen molar-refractivity contribution in [2.24, 2.45) is 5.92 Å². The molecule has 0 amide bonds. The van der Waals surface area contributed by atoms with Gasteiger partial charge in [-0.1, -0.05) is 6.58 Å². The normalized spacial score (nSPS) is 48.1. The molecule has 0 aromatic carbocycles. The first kappa shape index (κ1) is 8.44. The lowest BCUT2D eigenvalue weighted by Crippen LogP contribution is -2.39. The second-order valence-electron chi connectivity index (χ2n) is 4.04. The highest BCUT2D eigenvalue weighted by molar-refractivity contribution is 5.81. The molecular weight excluding hydrogens is 184 g/mol. The predicted octanol–water partition coefficient (Wildman–Crippen LogP) is 0.270. The molecule has 3 aliphatic heterocycles. The van der Waals surface area contributed by atoms with Crippen molar-refractivity contribution < 1.29 is 19.0 Å². The lowest BCUT2D eigenvalue weighted by Gasteiger charge is -2.22. The molecule has 3 fully saturated rings. The molecule has 4 nitrogen and oxygen atoms in total. The highest BCUT2D eigenvalue weighted by Gasteiger charge is 2.60. The SMILES string of the molecule is C=CC(=O)OC1C2CC3COC1C3O2. The lowest BCUT2D eigenvalue weighted by atomic mass is 9.88. The van der Waals surface area contributed by atoms with Gasteiger partial charge < -0.3 is 14.2 Å². The zero-order valence-corrected chi connectivity index (χ0v) is 7.72. The molecule has 0 aromatic heterocycles. The number of ether oxygens (including phenoxy) is 3. The van der Waals surface area contributed by atoms with Gasteiger partial charge in [0, 0.05) is 12.0 Å². The summed E-state index contributed by atoms with van der Waals surface area (Å²) in [6.07, 6.45) is 2.07. The zero-order valence-electron chi connectivity index (χ0n) is 7.72. The standard InChI is InChI=1S/C10H12O4/c1-2-7(11)14-9-6-3-5-4-12-10(9)8(5)13-6/h2,5-6,8-10H,1,3-4H2. The molecule has 0 aliphatic carbocycles. The molecule has 0 spiro atoms. The Balaban J connectivity index is 1.76. The maximum Gasteiger partial charge on any atom is 0.330 e. The molecule has 4 heteroatoms. The van der Waals surface area contributed by atoms with Gasteiger partial charge in [-0.3, -0.25) is 0 Å². The van der Waals surface area contributed by atoms with Gasteiger partial charge in [0.1, 0.15) is 6.10 Å². The number of hydrogen-bond acceptors (Lipinski definition) is 4. The average Bonchev–Trinajstić information content (AvgIpc) is 2.76. The Morgan fingerprint density at radius 1 is 1.50 bits per heavy atom. The van der Waals surface area contributed by atoms with Gasteiger partial charge in [0.2, 0.25) is 0 Å². The van der Waals surface area contributed by atoms with Gasteiger partial charge in [-0.05, 0) is 6.42 Å². The summed E-state index contributed by atoms with van der Waals surface area (Å²) in [6.45, 7) is 4.11. The van der Waals surface area contributed by atoms with E-state index in [1.165, 1.54) is 6.08 Å². The summed E-state index contributed by atoms with van der Waals surface area (Å²) in [5.41, 5.74) is 0. The molecular formula is C10H12O4. The summed E-state index contributed by atoms with van der Waals surface area (Å²) in [6, 6.07) is 0. The van der Waals surface area contributed by atoms with Gasteiger partial charge in [0.05, 0.1) is 18.8 Å². The second-order valence-corrected chi connectivity index (χ2v) is 4.04. The largest absolute Gasteiger partial charge is 0.454 e. The van der Waals surface area contributed by atoms with E-state index in [1.807, 2.05) is 0 Å². The Morgan fingerprint density at radius 2 is 2.36 bits per heavy atom. The molecule has 5 atom stereocenters. The molecule has 0 radical (unpaired) electrons. The molecule has 14 heavy (non-hydrogen) atoms. The zero-order chi connectivity index (χ0) is 9.71. The Kier molecular flexibility index (Phi) is 1.69. The van der Waals surface area contributed by atoms with E-state index < -0.39 is 5.97 Å². The van der Waals surface area contributed by atoms with Crippen LogP contribution in [-0.4, -0.2) is 37.0 Å². The van der Waals surface area contributed by atoms with E-state index in [-0.39, 0.29) is 24.4 Å². The van der Waals surface area contributed by atoms with E-state index in [1.54, 1.807) is 0 Å². The van der Waals surface area contributed by atoms with Gasteiger partial charge in [-0.2, -0.15) is 0 Å². The van der Waals surface area contributed by atoms with Crippen LogP contribution < -0.4 is 0 Å². The fourth-order valence-electron chi connectivity index (χ4n) is 2.67. The quantitative estimate of drug-likeness (QED) is 0.469. The minimum Gasteiger partial charge on any atom is -0.454 e. The molecule has 5 unspecified atom stereocenters. The van der Waals surface area contributed by atoms with Crippen molar-refractivity contribution in [1.82, 2.24) is 0 Å². The van der Waals surface area contributed by atoms with E-state index in [9.17, 15) is 4.79 Å². The highest BCUT2D eigenvalue weighted by Crippen LogP contribution is 2.46. The van der Waals surface area contributed by atoms with Crippen LogP contribution in [0.15, 0.2) is 12.7 Å².